The van der Waals surface area contributed by atoms with Gasteiger partial charge in [0.25, 0.3) is 0 Å². The zero-order valence-electron chi connectivity index (χ0n) is 21.1. The van der Waals surface area contributed by atoms with E-state index in [0.29, 0.717) is 24.5 Å². The van der Waals surface area contributed by atoms with Gasteiger partial charge in [-0.25, -0.2) is 0 Å². The zero-order valence-corrected chi connectivity index (χ0v) is 21.1. The van der Waals surface area contributed by atoms with Crippen molar-refractivity contribution in [2.24, 2.45) is 34.5 Å². The number of hydrogen-bond acceptors (Lipinski definition) is 6. The highest BCUT2D eigenvalue weighted by atomic mass is 16.7. The molecule has 3 aliphatic carbocycles. The molecule has 0 radical (unpaired) electrons. The fraction of sp³-hybridized carbons (Fsp3) is 0.889. The van der Waals surface area contributed by atoms with Crippen LogP contribution in [0.1, 0.15) is 65.7 Å². The summed E-state index contributed by atoms with van der Waals surface area (Å²) < 4.78 is 22.7. The van der Waals surface area contributed by atoms with Crippen molar-refractivity contribution in [3.8, 4) is 0 Å². The fourth-order valence-corrected chi connectivity index (χ4v) is 8.22. The third kappa shape index (κ3) is 4.09. The predicted octanol–water partition coefficient (Wildman–Crippen LogP) is 4.39. The number of esters is 1. The molecular weight excluding hydrogens is 418 g/mol. The summed E-state index contributed by atoms with van der Waals surface area (Å²) in [4.78, 5) is 15.9. The number of allylic oxidation sites excluding steroid dienone is 2. The van der Waals surface area contributed by atoms with Gasteiger partial charge in [0.1, 0.15) is 12.6 Å². The van der Waals surface area contributed by atoms with Crippen LogP contribution in [0.5, 0.6) is 0 Å². The second kappa shape index (κ2) is 9.25. The molecule has 0 unspecified atom stereocenters. The Bertz CT molecular complexity index is 776. The predicted molar refractivity (Wildman–Crippen MR) is 125 cm³/mol. The van der Waals surface area contributed by atoms with Gasteiger partial charge in [0.2, 0.25) is 0 Å². The first-order valence-corrected chi connectivity index (χ1v) is 13.2. The quantitative estimate of drug-likeness (QED) is 0.432. The molecule has 0 aromatic rings. The SMILES string of the molecule is COCO[C@H]1CC[C@]2(C)C3=C(OC(=O)[C@H]2C1)[C@@H]1CC[C@H]([C@H](C)CN2CCOCC2)[C@@]1(C)CC3. The van der Waals surface area contributed by atoms with Crippen LogP contribution in [-0.4, -0.2) is 63.7 Å². The van der Waals surface area contributed by atoms with Crippen molar-refractivity contribution in [1.82, 2.24) is 4.90 Å². The Hall–Kier alpha value is -0.950. The summed E-state index contributed by atoms with van der Waals surface area (Å²) in [5.74, 6) is 2.69. The van der Waals surface area contributed by atoms with Crippen molar-refractivity contribution >= 4 is 5.97 Å². The van der Waals surface area contributed by atoms with Crippen LogP contribution in [-0.2, 0) is 23.7 Å². The average Bonchev–Trinajstić information content (AvgIpc) is 3.16. The number of morpholine rings is 1. The van der Waals surface area contributed by atoms with Crippen LogP contribution >= 0.6 is 0 Å². The Morgan fingerprint density at radius 2 is 1.91 bits per heavy atom. The highest BCUT2D eigenvalue weighted by molar-refractivity contribution is 5.77. The smallest absolute Gasteiger partial charge is 0.315 e. The van der Waals surface area contributed by atoms with E-state index in [-0.39, 0.29) is 28.8 Å². The summed E-state index contributed by atoms with van der Waals surface area (Å²) in [6.07, 6.45) is 7.52. The third-order valence-corrected chi connectivity index (χ3v) is 10.1. The van der Waals surface area contributed by atoms with Gasteiger partial charge in [-0.05, 0) is 67.8 Å². The van der Waals surface area contributed by atoms with Crippen LogP contribution in [0.3, 0.4) is 0 Å². The lowest BCUT2D eigenvalue weighted by Gasteiger charge is -2.53. The number of carbonyl (C=O) groups excluding carboxylic acids is 1. The van der Waals surface area contributed by atoms with Gasteiger partial charge in [-0.15, -0.1) is 0 Å². The number of ether oxygens (including phenoxy) is 4. The molecule has 7 atom stereocenters. The second-order valence-electron chi connectivity index (χ2n) is 11.8. The molecule has 0 aromatic heterocycles. The van der Waals surface area contributed by atoms with Crippen LogP contribution in [0.2, 0.25) is 0 Å². The molecule has 2 aliphatic heterocycles. The minimum Gasteiger partial charge on any atom is -0.431 e. The fourth-order valence-electron chi connectivity index (χ4n) is 8.22. The van der Waals surface area contributed by atoms with Gasteiger partial charge in [-0.1, -0.05) is 20.8 Å². The number of hydrogen-bond donors (Lipinski definition) is 0. The van der Waals surface area contributed by atoms with Gasteiger partial charge in [-0.2, -0.15) is 0 Å². The lowest BCUT2D eigenvalue weighted by atomic mass is 9.54. The topological polar surface area (TPSA) is 57.2 Å². The minimum absolute atomic E-state index is 0.0176. The largest absolute Gasteiger partial charge is 0.431 e. The van der Waals surface area contributed by atoms with Crippen molar-refractivity contribution in [1.29, 1.82) is 0 Å². The second-order valence-corrected chi connectivity index (χ2v) is 11.8. The van der Waals surface area contributed by atoms with Gasteiger partial charge in [0, 0.05) is 38.1 Å². The van der Waals surface area contributed by atoms with E-state index in [1.54, 1.807) is 7.11 Å². The van der Waals surface area contributed by atoms with Gasteiger partial charge in [-0.3, -0.25) is 9.69 Å². The Balaban J connectivity index is 1.34. The minimum atomic E-state index is -0.0892. The van der Waals surface area contributed by atoms with Crippen molar-refractivity contribution in [2.75, 3.05) is 46.8 Å². The summed E-state index contributed by atoms with van der Waals surface area (Å²) in [6.45, 7) is 12.6. The Labute approximate surface area is 199 Å². The number of methoxy groups -OCH3 is 1. The molecule has 186 valence electrons. The lowest BCUT2D eigenvalue weighted by Crippen LogP contribution is -2.50. The van der Waals surface area contributed by atoms with Gasteiger partial charge < -0.3 is 18.9 Å². The van der Waals surface area contributed by atoms with Crippen LogP contribution in [0, 0.1) is 34.5 Å². The maximum atomic E-state index is 13.3. The Kier molecular flexibility index (Phi) is 6.67. The summed E-state index contributed by atoms with van der Waals surface area (Å²) in [5.41, 5.74) is 1.62. The summed E-state index contributed by atoms with van der Waals surface area (Å²) >= 11 is 0. The number of carbonyl (C=O) groups is 1. The maximum Gasteiger partial charge on any atom is 0.315 e. The zero-order chi connectivity index (χ0) is 23.2. The molecular formula is C27H43NO5. The average molecular weight is 462 g/mol. The van der Waals surface area contributed by atoms with Gasteiger partial charge in [0.05, 0.1) is 25.2 Å². The molecule has 5 rings (SSSR count). The first kappa shape index (κ1) is 23.8. The number of nitrogens with zero attached hydrogens (tertiary/aromatic N) is 1. The molecule has 0 bridgehead atoms. The highest BCUT2D eigenvalue weighted by Crippen LogP contribution is 2.64. The number of rotatable bonds is 6. The maximum absolute atomic E-state index is 13.3. The Morgan fingerprint density at radius 1 is 1.12 bits per heavy atom. The van der Waals surface area contributed by atoms with Crippen molar-refractivity contribution in [3.63, 3.8) is 0 Å². The standard InChI is InChI=1S/C27H43NO5/c1-18(16-28-11-13-31-14-12-28)20-5-6-21-24-22(8-10-26(20,21)2)27(3)9-7-19(32-17-30-4)15-23(27)25(29)33-24/h18-21,23H,5-17H2,1-4H3/t18-,19+,20-,21+,23-,26-,27-/m1/s1. The van der Waals surface area contributed by atoms with E-state index < -0.39 is 0 Å². The first-order valence-electron chi connectivity index (χ1n) is 13.2. The molecule has 3 fully saturated rings. The number of fused-ring (bicyclic) bond motifs is 4. The third-order valence-electron chi connectivity index (χ3n) is 10.1. The molecule has 2 heterocycles. The molecule has 0 spiro atoms. The van der Waals surface area contributed by atoms with E-state index >= 15 is 0 Å². The van der Waals surface area contributed by atoms with Crippen LogP contribution in [0.15, 0.2) is 11.3 Å². The van der Waals surface area contributed by atoms with Gasteiger partial charge >= 0.3 is 5.97 Å². The normalized spacial score (nSPS) is 42.4. The molecule has 5 aliphatic rings. The van der Waals surface area contributed by atoms with Crippen LogP contribution in [0.25, 0.3) is 0 Å². The van der Waals surface area contributed by atoms with E-state index in [0.717, 1.165) is 70.7 Å². The van der Waals surface area contributed by atoms with E-state index in [9.17, 15) is 4.79 Å². The van der Waals surface area contributed by atoms with Crippen LogP contribution in [0.4, 0.5) is 0 Å². The molecule has 0 amide bonds. The van der Waals surface area contributed by atoms with E-state index in [4.69, 9.17) is 18.9 Å². The van der Waals surface area contributed by atoms with E-state index in [1.807, 2.05) is 0 Å². The molecule has 33 heavy (non-hydrogen) atoms. The van der Waals surface area contributed by atoms with Crippen molar-refractivity contribution < 1.29 is 23.7 Å². The molecule has 6 heteroatoms. The summed E-state index contributed by atoms with van der Waals surface area (Å²) in [6, 6.07) is 0. The molecule has 1 saturated heterocycles. The van der Waals surface area contributed by atoms with E-state index in [2.05, 4.69) is 25.7 Å². The lowest BCUT2D eigenvalue weighted by molar-refractivity contribution is -0.164. The van der Waals surface area contributed by atoms with Crippen molar-refractivity contribution in [3.05, 3.63) is 11.3 Å². The Morgan fingerprint density at radius 3 is 2.67 bits per heavy atom. The summed E-state index contributed by atoms with van der Waals surface area (Å²) in [7, 11) is 1.65. The molecule has 0 N–H and O–H groups in total. The first-order chi connectivity index (χ1) is 15.9. The van der Waals surface area contributed by atoms with Crippen LogP contribution < -0.4 is 0 Å². The molecule has 6 nitrogen and oxygen atoms in total. The van der Waals surface area contributed by atoms with E-state index in [1.165, 1.54) is 18.4 Å². The monoisotopic (exact) mass is 461 g/mol. The molecule has 0 aromatic carbocycles. The van der Waals surface area contributed by atoms with Gasteiger partial charge in [0.15, 0.2) is 0 Å². The highest BCUT2D eigenvalue weighted by Gasteiger charge is 2.59. The molecule has 2 saturated carbocycles. The summed E-state index contributed by atoms with van der Waals surface area (Å²) in [5, 5.41) is 0. The van der Waals surface area contributed by atoms with Crippen molar-refractivity contribution in [2.45, 2.75) is 71.8 Å².